The molecule has 0 aliphatic carbocycles. The number of benzene rings is 1. The van der Waals surface area contributed by atoms with Crippen molar-refractivity contribution in [2.75, 3.05) is 7.11 Å². The van der Waals surface area contributed by atoms with E-state index in [1.54, 1.807) is 15.3 Å². The first kappa shape index (κ1) is 19.0. The summed E-state index contributed by atoms with van der Waals surface area (Å²) < 4.78 is 9.19. The van der Waals surface area contributed by atoms with E-state index >= 15 is 0 Å². The molecule has 0 radical (unpaired) electrons. The number of aromatic nitrogens is 3. The summed E-state index contributed by atoms with van der Waals surface area (Å²) in [5.41, 5.74) is 4.23. The fourth-order valence-corrected chi connectivity index (χ4v) is 4.12. The Morgan fingerprint density at radius 3 is 2.63 bits per heavy atom. The Kier molecular flexibility index (Phi) is 5.27. The summed E-state index contributed by atoms with van der Waals surface area (Å²) in [7, 11) is 1.35. The predicted octanol–water partition coefficient (Wildman–Crippen LogP) is 2.76. The highest BCUT2D eigenvalue weighted by Gasteiger charge is 2.16. The van der Waals surface area contributed by atoms with Crippen molar-refractivity contribution < 1.29 is 14.3 Å². The van der Waals surface area contributed by atoms with E-state index in [4.69, 9.17) is 4.74 Å². The van der Waals surface area contributed by atoms with E-state index in [1.807, 2.05) is 33.8 Å². The lowest BCUT2D eigenvalue weighted by Crippen LogP contribution is -2.23. The second kappa shape index (κ2) is 7.48. The highest BCUT2D eigenvalue weighted by Crippen LogP contribution is 2.23. The number of methoxy groups -OCH3 is 1. The Labute approximate surface area is 160 Å². The van der Waals surface area contributed by atoms with Gasteiger partial charge in [-0.15, -0.1) is 0 Å². The first-order valence-electron chi connectivity index (χ1n) is 8.65. The minimum atomic E-state index is -0.391. The summed E-state index contributed by atoms with van der Waals surface area (Å²) in [6, 6.07) is 5.79. The van der Waals surface area contributed by atoms with Crippen molar-refractivity contribution in [3.8, 4) is 0 Å². The van der Waals surface area contributed by atoms with E-state index in [2.05, 4.69) is 16.2 Å². The summed E-state index contributed by atoms with van der Waals surface area (Å²) in [6.45, 7) is 8.35. The van der Waals surface area contributed by atoms with Crippen molar-refractivity contribution in [2.45, 2.75) is 40.8 Å². The van der Waals surface area contributed by atoms with Crippen LogP contribution in [0.15, 0.2) is 23.2 Å². The third kappa shape index (κ3) is 3.71. The van der Waals surface area contributed by atoms with Gasteiger partial charge in [0.05, 0.1) is 23.0 Å². The first-order chi connectivity index (χ1) is 12.8. The van der Waals surface area contributed by atoms with Crippen molar-refractivity contribution in [1.82, 2.24) is 14.3 Å². The molecule has 8 heteroatoms. The monoisotopic (exact) mass is 386 g/mol. The van der Waals surface area contributed by atoms with E-state index in [0.29, 0.717) is 17.0 Å². The number of nitrogens with zero attached hydrogens (tertiary/aromatic N) is 4. The maximum Gasteiger partial charge on any atom is 0.325 e. The Morgan fingerprint density at radius 2 is 1.96 bits per heavy atom. The summed E-state index contributed by atoms with van der Waals surface area (Å²) in [5, 5.41) is 4.30. The van der Waals surface area contributed by atoms with Gasteiger partial charge >= 0.3 is 5.97 Å². The van der Waals surface area contributed by atoms with Crippen LogP contribution in [0.4, 0.5) is 0 Å². The van der Waals surface area contributed by atoms with Crippen LogP contribution in [0, 0.1) is 20.8 Å². The Morgan fingerprint density at radius 1 is 1.22 bits per heavy atom. The molecule has 0 fully saturated rings. The van der Waals surface area contributed by atoms with Gasteiger partial charge < -0.3 is 9.30 Å². The molecule has 7 nitrogen and oxygen atoms in total. The van der Waals surface area contributed by atoms with Crippen LogP contribution in [0.5, 0.6) is 0 Å². The summed E-state index contributed by atoms with van der Waals surface area (Å²) >= 11 is 1.39. The molecule has 0 atom stereocenters. The van der Waals surface area contributed by atoms with E-state index in [9.17, 15) is 9.59 Å². The van der Waals surface area contributed by atoms with E-state index < -0.39 is 5.97 Å². The van der Waals surface area contributed by atoms with Crippen LogP contribution < -0.4 is 4.80 Å². The van der Waals surface area contributed by atoms with Crippen LogP contribution in [0.25, 0.3) is 10.2 Å². The number of carbonyl (C=O) groups excluding carboxylic acids is 2. The number of rotatable bonds is 4. The lowest BCUT2D eigenvalue weighted by atomic mass is 10.1. The topological polar surface area (TPSA) is 78.5 Å². The van der Waals surface area contributed by atoms with Crippen LogP contribution in [-0.4, -0.2) is 33.3 Å². The molecular weight excluding hydrogens is 364 g/mol. The Balaban J connectivity index is 2.21. The molecule has 2 heterocycles. The van der Waals surface area contributed by atoms with Gasteiger partial charge in [0.25, 0.3) is 5.91 Å². The standard InChI is InChI=1S/C19H22N4O3S/c1-6-23-15(9-13(4)21-23)18(25)20-19-22(10-16(24)26-5)14-8-11(2)7-12(3)17(14)27-19/h7-9H,6,10H2,1-5H3. The molecule has 1 amide bonds. The smallest absolute Gasteiger partial charge is 0.325 e. The molecule has 0 N–H and O–H groups in total. The van der Waals surface area contributed by atoms with E-state index in [0.717, 1.165) is 27.0 Å². The molecule has 1 aromatic carbocycles. The van der Waals surface area contributed by atoms with Gasteiger partial charge in [0, 0.05) is 6.54 Å². The molecule has 0 aliphatic rings. The number of aryl methyl sites for hydroxylation is 4. The van der Waals surface area contributed by atoms with Crippen LogP contribution in [0.2, 0.25) is 0 Å². The number of carbonyl (C=O) groups is 2. The van der Waals surface area contributed by atoms with Gasteiger partial charge in [-0.25, -0.2) is 0 Å². The van der Waals surface area contributed by atoms with Crippen LogP contribution in [0.1, 0.15) is 34.2 Å². The van der Waals surface area contributed by atoms with E-state index in [1.165, 1.54) is 18.4 Å². The maximum absolute atomic E-state index is 12.8. The zero-order valence-corrected chi connectivity index (χ0v) is 16.9. The molecule has 3 aromatic rings. The molecule has 0 spiro atoms. The number of amides is 1. The maximum atomic E-state index is 12.8. The van der Waals surface area contributed by atoms with Gasteiger partial charge in [-0.2, -0.15) is 10.1 Å². The third-order valence-electron chi connectivity index (χ3n) is 4.25. The number of esters is 1. The van der Waals surface area contributed by atoms with Gasteiger partial charge in [-0.05, 0) is 51.0 Å². The molecule has 0 aliphatic heterocycles. The van der Waals surface area contributed by atoms with Crippen molar-refractivity contribution in [3.63, 3.8) is 0 Å². The summed E-state index contributed by atoms with van der Waals surface area (Å²) in [5.74, 6) is -0.769. The van der Waals surface area contributed by atoms with Crippen molar-refractivity contribution in [2.24, 2.45) is 4.99 Å². The summed E-state index contributed by atoms with van der Waals surface area (Å²) in [4.78, 5) is 29.5. The SMILES string of the molecule is CCn1nc(C)cc1C(=O)N=c1sc2c(C)cc(C)cc2n1CC(=O)OC. The zero-order valence-electron chi connectivity index (χ0n) is 16.1. The second-order valence-corrected chi connectivity index (χ2v) is 7.36. The van der Waals surface area contributed by atoms with Gasteiger partial charge in [-0.1, -0.05) is 17.4 Å². The van der Waals surface area contributed by atoms with E-state index in [-0.39, 0.29) is 12.5 Å². The van der Waals surface area contributed by atoms with Crippen LogP contribution >= 0.6 is 11.3 Å². The lowest BCUT2D eigenvalue weighted by molar-refractivity contribution is -0.141. The highest BCUT2D eigenvalue weighted by atomic mass is 32.1. The van der Waals surface area contributed by atoms with Gasteiger partial charge in [0.2, 0.25) is 0 Å². The molecule has 0 saturated carbocycles. The molecule has 0 saturated heterocycles. The van der Waals surface area contributed by atoms with Gasteiger partial charge in [-0.3, -0.25) is 14.3 Å². The van der Waals surface area contributed by atoms with Crippen LogP contribution in [0.3, 0.4) is 0 Å². The number of hydrogen-bond acceptors (Lipinski definition) is 5. The lowest BCUT2D eigenvalue weighted by Gasteiger charge is -2.05. The average molecular weight is 386 g/mol. The second-order valence-electron chi connectivity index (χ2n) is 6.38. The normalized spacial score (nSPS) is 12.0. The predicted molar refractivity (Wildman–Crippen MR) is 104 cm³/mol. The zero-order chi connectivity index (χ0) is 19.7. The molecule has 3 rings (SSSR count). The van der Waals surface area contributed by atoms with Gasteiger partial charge in [0.15, 0.2) is 4.80 Å². The molecule has 27 heavy (non-hydrogen) atoms. The molecule has 142 valence electrons. The summed E-state index contributed by atoms with van der Waals surface area (Å²) in [6.07, 6.45) is 0. The number of ether oxygens (including phenoxy) is 1. The fraction of sp³-hybridized carbons (Fsp3) is 0.368. The number of thiazole rings is 1. The Hall–Kier alpha value is -2.74. The third-order valence-corrected chi connectivity index (χ3v) is 5.48. The van der Waals surface area contributed by atoms with Crippen molar-refractivity contribution in [3.05, 3.63) is 45.5 Å². The fourth-order valence-electron chi connectivity index (χ4n) is 3.05. The largest absolute Gasteiger partial charge is 0.468 e. The Bertz CT molecular complexity index is 1100. The highest BCUT2D eigenvalue weighted by molar-refractivity contribution is 7.16. The number of hydrogen-bond donors (Lipinski definition) is 0. The minimum absolute atomic E-state index is 0.00241. The molecular formula is C19H22N4O3S. The van der Waals surface area contributed by atoms with Gasteiger partial charge in [0.1, 0.15) is 12.2 Å². The quantitative estimate of drug-likeness (QED) is 0.646. The minimum Gasteiger partial charge on any atom is -0.468 e. The average Bonchev–Trinajstić information content (AvgIpc) is 3.16. The number of fused-ring (bicyclic) bond motifs is 1. The van der Waals surface area contributed by atoms with Crippen molar-refractivity contribution in [1.29, 1.82) is 0 Å². The van der Waals surface area contributed by atoms with Crippen molar-refractivity contribution >= 4 is 33.4 Å². The molecule has 2 aromatic heterocycles. The molecule has 0 unspecified atom stereocenters. The molecule has 0 bridgehead atoms. The van der Waals surface area contributed by atoms with Crippen LogP contribution in [-0.2, 0) is 22.6 Å². The first-order valence-corrected chi connectivity index (χ1v) is 9.46.